The van der Waals surface area contributed by atoms with E-state index < -0.39 is 22.0 Å². The molecule has 25 heavy (non-hydrogen) atoms. The number of fused-ring (bicyclic) bond motifs is 1. The van der Waals surface area contributed by atoms with Crippen molar-refractivity contribution in [2.24, 2.45) is 27.8 Å². The van der Waals surface area contributed by atoms with Crippen molar-refractivity contribution >= 4 is 28.1 Å². The van der Waals surface area contributed by atoms with E-state index in [0.29, 0.717) is 5.92 Å². The van der Waals surface area contributed by atoms with E-state index in [-0.39, 0.29) is 34.4 Å². The highest BCUT2D eigenvalue weighted by Crippen LogP contribution is 2.70. The Labute approximate surface area is 148 Å². The van der Waals surface area contributed by atoms with E-state index in [0.717, 1.165) is 28.6 Å². The van der Waals surface area contributed by atoms with Crippen molar-refractivity contribution in [1.29, 1.82) is 0 Å². The first-order valence-electron chi connectivity index (χ1n) is 8.93. The molecule has 0 unspecified atom stereocenters. The zero-order valence-corrected chi connectivity index (χ0v) is 15.9. The second-order valence-corrected chi connectivity index (χ2v) is 10.5. The number of nitrogens with zero attached hydrogens (tertiary/aromatic N) is 3. The fourth-order valence-corrected chi connectivity index (χ4v) is 8.43. The van der Waals surface area contributed by atoms with Gasteiger partial charge in [0, 0.05) is 24.5 Å². The molecule has 4 aliphatic rings. The molecule has 2 saturated carbocycles. The number of sulfonamides is 1. The number of hydrazone groups is 1. The summed E-state index contributed by atoms with van der Waals surface area (Å²) in [5.41, 5.74) is -0.437. The van der Waals surface area contributed by atoms with Crippen LogP contribution in [0, 0.1) is 22.7 Å². The lowest BCUT2D eigenvalue weighted by molar-refractivity contribution is -0.143. The fraction of sp³-hybridized carbons (Fsp3) is 0.824. The van der Waals surface area contributed by atoms with E-state index in [1.807, 2.05) is 0 Å². The Morgan fingerprint density at radius 2 is 1.96 bits per heavy atom. The lowest BCUT2D eigenvalue weighted by atomic mass is 9.69. The summed E-state index contributed by atoms with van der Waals surface area (Å²) in [6, 6.07) is -1.13. The highest BCUT2D eigenvalue weighted by Gasteiger charge is 2.72. The molecule has 0 N–H and O–H groups in total. The molecule has 0 aromatic rings. The van der Waals surface area contributed by atoms with E-state index in [1.165, 1.54) is 6.92 Å². The maximum atomic E-state index is 13.3. The molecule has 3 fully saturated rings. The third kappa shape index (κ3) is 1.92. The monoisotopic (exact) mass is 367 g/mol. The van der Waals surface area contributed by atoms with E-state index in [4.69, 9.17) is 0 Å². The van der Waals surface area contributed by atoms with Gasteiger partial charge in [-0.1, -0.05) is 20.8 Å². The molecule has 0 radical (unpaired) electrons. The molecule has 1 spiro atoms. The Kier molecular flexibility index (Phi) is 3.29. The van der Waals surface area contributed by atoms with Crippen LogP contribution in [0.15, 0.2) is 5.10 Å². The average Bonchev–Trinajstić information content (AvgIpc) is 3.12. The summed E-state index contributed by atoms with van der Waals surface area (Å²) in [7, 11) is -3.68. The molecule has 5 atom stereocenters. The summed E-state index contributed by atoms with van der Waals surface area (Å²) in [5, 5.41) is 5.15. The normalized spacial score (nSPS) is 42.9. The summed E-state index contributed by atoms with van der Waals surface area (Å²) in [4.78, 5) is 25.1. The van der Waals surface area contributed by atoms with Crippen molar-refractivity contribution in [3.8, 4) is 0 Å². The van der Waals surface area contributed by atoms with Gasteiger partial charge in [-0.2, -0.15) is 5.10 Å². The van der Waals surface area contributed by atoms with Gasteiger partial charge in [-0.3, -0.25) is 9.59 Å². The van der Waals surface area contributed by atoms with Crippen LogP contribution in [0.2, 0.25) is 0 Å². The lowest BCUT2D eigenvalue weighted by Crippen LogP contribution is -2.53. The molecule has 2 aliphatic carbocycles. The standard InChI is InChI=1S/C17H25N3O4S/c1-10-8-18-19(11(2)21)14(10)15(22)20-13-7-12-5-6-17(13,16(12,3)4)9-25(20,23)24/h8,10,12-14H,5-7,9H2,1-4H3/t10-,12-,13-,14-,17-/m0/s1. The van der Waals surface area contributed by atoms with Crippen molar-refractivity contribution in [3.05, 3.63) is 0 Å². The van der Waals surface area contributed by atoms with Crippen molar-refractivity contribution in [2.75, 3.05) is 5.75 Å². The van der Waals surface area contributed by atoms with E-state index >= 15 is 0 Å². The first-order chi connectivity index (χ1) is 11.5. The Balaban J connectivity index is 1.74. The Bertz CT molecular complexity index is 790. The van der Waals surface area contributed by atoms with Crippen molar-refractivity contribution in [1.82, 2.24) is 9.31 Å². The van der Waals surface area contributed by atoms with E-state index in [9.17, 15) is 18.0 Å². The van der Waals surface area contributed by atoms with Crippen molar-refractivity contribution < 1.29 is 18.0 Å². The number of hydrogen-bond donors (Lipinski definition) is 0. The van der Waals surface area contributed by atoms with Crippen molar-refractivity contribution in [3.63, 3.8) is 0 Å². The molecule has 1 saturated heterocycles. The molecule has 4 rings (SSSR count). The topological polar surface area (TPSA) is 87.1 Å². The van der Waals surface area contributed by atoms with Crippen LogP contribution in [0.3, 0.4) is 0 Å². The van der Waals surface area contributed by atoms with Crippen molar-refractivity contribution in [2.45, 2.75) is 59.0 Å². The van der Waals surface area contributed by atoms with Gasteiger partial charge in [0.25, 0.3) is 5.91 Å². The second-order valence-electron chi connectivity index (χ2n) is 8.69. The van der Waals surface area contributed by atoms with Crippen LogP contribution < -0.4 is 0 Å². The summed E-state index contributed by atoms with van der Waals surface area (Å²) in [5.74, 6) is -0.648. The van der Waals surface area contributed by atoms with Gasteiger partial charge in [0.05, 0.1) is 11.8 Å². The molecule has 0 aromatic heterocycles. The van der Waals surface area contributed by atoms with Gasteiger partial charge in [-0.15, -0.1) is 0 Å². The number of carbonyl (C=O) groups is 2. The molecular formula is C17H25N3O4S. The fourth-order valence-electron chi connectivity index (χ4n) is 5.87. The van der Waals surface area contributed by atoms with Gasteiger partial charge in [-0.25, -0.2) is 17.7 Å². The molecule has 8 heteroatoms. The Hall–Kier alpha value is -1.44. The summed E-state index contributed by atoms with van der Waals surface area (Å²) in [6.07, 6.45) is 4.17. The van der Waals surface area contributed by atoms with Crippen LogP contribution in [0.25, 0.3) is 0 Å². The lowest BCUT2D eigenvalue weighted by Gasteiger charge is -2.37. The number of hydrogen-bond acceptors (Lipinski definition) is 5. The van der Waals surface area contributed by atoms with Gasteiger partial charge >= 0.3 is 0 Å². The smallest absolute Gasteiger partial charge is 0.261 e. The zero-order chi connectivity index (χ0) is 18.4. The van der Waals surface area contributed by atoms with Gasteiger partial charge in [0.15, 0.2) is 0 Å². The third-order valence-corrected chi connectivity index (χ3v) is 9.31. The highest BCUT2D eigenvalue weighted by atomic mass is 32.2. The molecular weight excluding hydrogens is 342 g/mol. The molecule has 0 aromatic carbocycles. The minimum absolute atomic E-state index is 0.0436. The molecule has 2 amide bonds. The van der Waals surface area contributed by atoms with Gasteiger partial charge in [0.2, 0.25) is 15.9 Å². The molecule has 138 valence electrons. The second kappa shape index (κ2) is 4.84. The molecule has 2 aliphatic heterocycles. The van der Waals surface area contributed by atoms with Crippen LogP contribution in [0.1, 0.15) is 47.0 Å². The predicted octanol–water partition coefficient (Wildman–Crippen LogP) is 1.21. The largest absolute Gasteiger partial charge is 0.273 e. The number of carbonyl (C=O) groups excluding carboxylic acids is 2. The molecule has 7 nitrogen and oxygen atoms in total. The van der Waals surface area contributed by atoms with Gasteiger partial charge in [-0.05, 0) is 30.6 Å². The maximum Gasteiger partial charge on any atom is 0.261 e. The zero-order valence-electron chi connectivity index (χ0n) is 15.1. The van der Waals surface area contributed by atoms with E-state index in [2.05, 4.69) is 18.9 Å². The molecule has 2 heterocycles. The first-order valence-corrected chi connectivity index (χ1v) is 10.5. The van der Waals surface area contributed by atoms with Crippen LogP contribution in [-0.4, -0.2) is 53.6 Å². The SMILES string of the molecule is CC(=O)N1N=C[C@H](C)[C@H]1C(=O)N1[C@H]2C[C@@H]3CC[C@@]2(CS1(=O)=O)C3(C)C. The van der Waals surface area contributed by atoms with Crippen LogP contribution in [0.5, 0.6) is 0 Å². The van der Waals surface area contributed by atoms with Crippen LogP contribution >= 0.6 is 0 Å². The summed E-state index contributed by atoms with van der Waals surface area (Å²) < 4.78 is 27.1. The summed E-state index contributed by atoms with van der Waals surface area (Å²) in [6.45, 7) is 7.43. The quantitative estimate of drug-likeness (QED) is 0.697. The minimum Gasteiger partial charge on any atom is -0.273 e. The number of rotatable bonds is 1. The predicted molar refractivity (Wildman–Crippen MR) is 91.9 cm³/mol. The number of amides is 2. The Morgan fingerprint density at radius 3 is 2.56 bits per heavy atom. The molecule has 2 bridgehead atoms. The van der Waals surface area contributed by atoms with Gasteiger partial charge in [0.1, 0.15) is 6.04 Å². The summed E-state index contributed by atoms with van der Waals surface area (Å²) >= 11 is 0. The highest BCUT2D eigenvalue weighted by molar-refractivity contribution is 7.90. The Morgan fingerprint density at radius 1 is 1.28 bits per heavy atom. The maximum absolute atomic E-state index is 13.3. The van der Waals surface area contributed by atoms with Crippen LogP contribution in [0.4, 0.5) is 0 Å². The minimum atomic E-state index is -3.68. The van der Waals surface area contributed by atoms with Crippen LogP contribution in [-0.2, 0) is 19.6 Å². The average molecular weight is 367 g/mol. The van der Waals surface area contributed by atoms with E-state index in [1.54, 1.807) is 13.1 Å². The van der Waals surface area contributed by atoms with Gasteiger partial charge < -0.3 is 0 Å². The first kappa shape index (κ1) is 17.0. The third-order valence-electron chi connectivity index (χ3n) is 7.39.